The standard InChI is InChI=1S/C14H28N2S/c1-3-7-15-13-6-8-16(12(2)10-13)14-5-4-9-17-11-14/h12-15H,3-11H2,1-2H3. The summed E-state index contributed by atoms with van der Waals surface area (Å²) in [4.78, 5) is 2.79. The molecule has 100 valence electrons. The molecule has 1 N–H and O–H groups in total. The van der Waals surface area contributed by atoms with Crippen LogP contribution in [0.4, 0.5) is 0 Å². The van der Waals surface area contributed by atoms with E-state index in [0.29, 0.717) is 0 Å². The molecular weight excluding hydrogens is 228 g/mol. The van der Waals surface area contributed by atoms with Crippen LogP contribution >= 0.6 is 11.8 Å². The molecule has 0 radical (unpaired) electrons. The first-order valence-electron chi connectivity index (χ1n) is 7.38. The third-order valence-corrected chi connectivity index (χ3v) is 5.41. The molecule has 0 aromatic carbocycles. The highest BCUT2D eigenvalue weighted by molar-refractivity contribution is 7.99. The third kappa shape index (κ3) is 3.87. The summed E-state index contributed by atoms with van der Waals surface area (Å²) in [6.07, 6.45) is 6.82. The van der Waals surface area contributed by atoms with Crippen molar-refractivity contribution in [3.8, 4) is 0 Å². The summed E-state index contributed by atoms with van der Waals surface area (Å²) in [7, 11) is 0. The quantitative estimate of drug-likeness (QED) is 0.832. The van der Waals surface area contributed by atoms with Crippen molar-refractivity contribution >= 4 is 11.8 Å². The van der Waals surface area contributed by atoms with Crippen LogP contribution < -0.4 is 5.32 Å². The molecule has 2 rings (SSSR count). The molecule has 3 heteroatoms. The van der Waals surface area contributed by atoms with Crippen LogP contribution in [-0.2, 0) is 0 Å². The van der Waals surface area contributed by atoms with E-state index in [4.69, 9.17) is 0 Å². The van der Waals surface area contributed by atoms with Crippen molar-refractivity contribution in [3.63, 3.8) is 0 Å². The zero-order chi connectivity index (χ0) is 12.1. The molecule has 0 aromatic rings. The Hall–Kier alpha value is 0.270. The Kier molecular flexibility index (Phi) is 5.64. The number of piperidine rings is 1. The van der Waals surface area contributed by atoms with Gasteiger partial charge in [-0.25, -0.2) is 0 Å². The van der Waals surface area contributed by atoms with Gasteiger partial charge in [0.1, 0.15) is 0 Å². The van der Waals surface area contributed by atoms with Crippen LogP contribution in [0, 0.1) is 0 Å². The van der Waals surface area contributed by atoms with Gasteiger partial charge in [-0.15, -0.1) is 0 Å². The van der Waals surface area contributed by atoms with Crippen LogP contribution in [0.1, 0.15) is 46.0 Å². The maximum atomic E-state index is 3.69. The molecule has 0 amide bonds. The van der Waals surface area contributed by atoms with Crippen LogP contribution in [0.25, 0.3) is 0 Å². The average molecular weight is 256 g/mol. The largest absolute Gasteiger partial charge is 0.314 e. The molecule has 2 aliphatic rings. The molecular formula is C14H28N2S. The fourth-order valence-corrected chi connectivity index (χ4v) is 4.42. The van der Waals surface area contributed by atoms with Crippen molar-refractivity contribution in [2.75, 3.05) is 24.6 Å². The van der Waals surface area contributed by atoms with E-state index in [1.807, 2.05) is 0 Å². The second kappa shape index (κ2) is 7.01. The Labute approximate surface area is 111 Å². The predicted molar refractivity (Wildman–Crippen MR) is 77.8 cm³/mol. The minimum Gasteiger partial charge on any atom is -0.314 e. The maximum absolute atomic E-state index is 3.69. The number of nitrogens with one attached hydrogen (secondary N) is 1. The Balaban J connectivity index is 1.78. The normalized spacial score (nSPS) is 36.0. The number of likely N-dealkylation sites (tertiary alicyclic amines) is 1. The predicted octanol–water partition coefficient (Wildman–Crippen LogP) is 2.73. The Morgan fingerprint density at radius 2 is 2.24 bits per heavy atom. The highest BCUT2D eigenvalue weighted by atomic mass is 32.2. The molecule has 0 aromatic heterocycles. The van der Waals surface area contributed by atoms with E-state index < -0.39 is 0 Å². The lowest BCUT2D eigenvalue weighted by atomic mass is 9.95. The third-order valence-electron chi connectivity index (χ3n) is 4.22. The zero-order valence-electron chi connectivity index (χ0n) is 11.5. The second-order valence-electron chi connectivity index (χ2n) is 5.63. The lowest BCUT2D eigenvalue weighted by molar-refractivity contribution is 0.0920. The monoisotopic (exact) mass is 256 g/mol. The van der Waals surface area contributed by atoms with Gasteiger partial charge >= 0.3 is 0 Å². The fourth-order valence-electron chi connectivity index (χ4n) is 3.25. The fraction of sp³-hybridized carbons (Fsp3) is 1.00. The molecule has 0 aliphatic carbocycles. The molecule has 0 bridgehead atoms. The molecule has 2 nitrogen and oxygen atoms in total. The summed E-state index contributed by atoms with van der Waals surface area (Å²) in [6.45, 7) is 7.19. The molecule has 2 heterocycles. The van der Waals surface area contributed by atoms with Crippen LogP contribution in [0.5, 0.6) is 0 Å². The smallest absolute Gasteiger partial charge is 0.0189 e. The van der Waals surface area contributed by atoms with Crippen molar-refractivity contribution in [2.45, 2.75) is 64.1 Å². The van der Waals surface area contributed by atoms with Crippen molar-refractivity contribution < 1.29 is 0 Å². The van der Waals surface area contributed by atoms with Crippen molar-refractivity contribution in [1.82, 2.24) is 10.2 Å². The molecule has 17 heavy (non-hydrogen) atoms. The first kappa shape index (κ1) is 13.7. The van der Waals surface area contributed by atoms with Gasteiger partial charge in [0.05, 0.1) is 0 Å². The first-order chi connectivity index (χ1) is 8.31. The molecule has 3 atom stereocenters. The minimum atomic E-state index is 0.775. The van der Waals surface area contributed by atoms with E-state index in [0.717, 1.165) is 18.1 Å². The topological polar surface area (TPSA) is 15.3 Å². The summed E-state index contributed by atoms with van der Waals surface area (Å²) < 4.78 is 0. The summed E-state index contributed by atoms with van der Waals surface area (Å²) in [5.74, 6) is 2.76. The Morgan fingerprint density at radius 3 is 2.88 bits per heavy atom. The highest BCUT2D eigenvalue weighted by Crippen LogP contribution is 2.27. The van der Waals surface area contributed by atoms with Gasteiger partial charge in [0.2, 0.25) is 0 Å². The summed E-state index contributed by atoms with van der Waals surface area (Å²) in [6, 6.07) is 2.43. The van der Waals surface area contributed by atoms with Gasteiger partial charge in [-0.2, -0.15) is 11.8 Å². The van der Waals surface area contributed by atoms with Gasteiger partial charge < -0.3 is 5.32 Å². The van der Waals surface area contributed by atoms with E-state index in [-0.39, 0.29) is 0 Å². The van der Waals surface area contributed by atoms with Crippen molar-refractivity contribution in [2.24, 2.45) is 0 Å². The average Bonchev–Trinajstić information content (AvgIpc) is 2.37. The number of thioether (sulfide) groups is 1. The van der Waals surface area contributed by atoms with E-state index >= 15 is 0 Å². The maximum Gasteiger partial charge on any atom is 0.0189 e. The van der Waals surface area contributed by atoms with Gasteiger partial charge in [-0.3, -0.25) is 4.90 Å². The van der Waals surface area contributed by atoms with Crippen molar-refractivity contribution in [3.05, 3.63) is 0 Å². The zero-order valence-corrected chi connectivity index (χ0v) is 12.3. The van der Waals surface area contributed by atoms with Gasteiger partial charge in [0.25, 0.3) is 0 Å². The van der Waals surface area contributed by atoms with Crippen LogP contribution in [0.2, 0.25) is 0 Å². The molecule has 2 fully saturated rings. The number of hydrogen-bond donors (Lipinski definition) is 1. The highest BCUT2D eigenvalue weighted by Gasteiger charge is 2.30. The van der Waals surface area contributed by atoms with Crippen LogP contribution in [0.3, 0.4) is 0 Å². The Bertz CT molecular complexity index is 216. The number of nitrogens with zero attached hydrogens (tertiary/aromatic N) is 1. The minimum absolute atomic E-state index is 0.775. The van der Waals surface area contributed by atoms with Gasteiger partial charge in [-0.05, 0) is 51.3 Å². The summed E-state index contributed by atoms with van der Waals surface area (Å²) in [5, 5.41) is 3.69. The Morgan fingerprint density at radius 1 is 1.35 bits per heavy atom. The first-order valence-corrected chi connectivity index (χ1v) is 8.53. The van der Waals surface area contributed by atoms with Gasteiger partial charge in [-0.1, -0.05) is 6.92 Å². The summed E-state index contributed by atoms with van der Waals surface area (Å²) >= 11 is 2.16. The van der Waals surface area contributed by atoms with Gasteiger partial charge in [0, 0.05) is 30.4 Å². The second-order valence-corrected chi connectivity index (χ2v) is 6.78. The van der Waals surface area contributed by atoms with E-state index in [2.05, 4.69) is 35.8 Å². The lowest BCUT2D eigenvalue weighted by Crippen LogP contribution is -2.52. The number of rotatable bonds is 4. The molecule has 0 saturated carbocycles. The van der Waals surface area contributed by atoms with Crippen LogP contribution in [0.15, 0.2) is 0 Å². The molecule has 3 unspecified atom stereocenters. The van der Waals surface area contributed by atoms with Crippen LogP contribution in [-0.4, -0.2) is 47.6 Å². The van der Waals surface area contributed by atoms with Crippen molar-refractivity contribution in [1.29, 1.82) is 0 Å². The summed E-state index contributed by atoms with van der Waals surface area (Å²) in [5.41, 5.74) is 0. The molecule has 2 aliphatic heterocycles. The van der Waals surface area contributed by atoms with E-state index in [1.165, 1.54) is 56.7 Å². The number of hydrogen-bond acceptors (Lipinski definition) is 3. The van der Waals surface area contributed by atoms with E-state index in [1.54, 1.807) is 0 Å². The van der Waals surface area contributed by atoms with E-state index in [9.17, 15) is 0 Å². The lowest BCUT2D eigenvalue weighted by Gasteiger charge is -2.43. The molecule has 0 spiro atoms. The van der Waals surface area contributed by atoms with Gasteiger partial charge in [0.15, 0.2) is 0 Å². The SMILES string of the molecule is CCCNC1CCN(C2CCCSC2)C(C)C1. The molecule has 2 saturated heterocycles.